The van der Waals surface area contributed by atoms with Crippen molar-refractivity contribution in [1.82, 2.24) is 0 Å². The maximum atomic E-state index is 11.9. The molecule has 2 atom stereocenters. The van der Waals surface area contributed by atoms with Crippen LogP contribution in [0.15, 0.2) is 11.1 Å². The molecule has 1 aliphatic carbocycles. The first-order valence-corrected chi connectivity index (χ1v) is 8.67. The van der Waals surface area contributed by atoms with Crippen LogP contribution in [-0.2, 0) is 29.2 Å². The van der Waals surface area contributed by atoms with E-state index in [1.165, 1.54) is 0 Å². The second kappa shape index (κ2) is 6.00. The molecule has 1 saturated heterocycles. The first-order valence-electron chi connectivity index (χ1n) is 7.09. The number of allylic oxidation sites excluding steroid dienone is 1. The SMILES string of the molecule is CC1=C(CC(=O)OC2CCOC2=O)CCC1(C)CS(=O)(=O)[O-]. The first kappa shape index (κ1) is 17.0. The third-order valence-corrected chi connectivity index (χ3v) is 5.42. The molecule has 0 radical (unpaired) electrons. The zero-order valence-electron chi connectivity index (χ0n) is 12.6. The molecule has 0 aromatic heterocycles. The summed E-state index contributed by atoms with van der Waals surface area (Å²) in [6.45, 7) is 3.70. The lowest BCUT2D eigenvalue weighted by Gasteiger charge is -2.27. The van der Waals surface area contributed by atoms with Crippen molar-refractivity contribution >= 4 is 22.1 Å². The van der Waals surface area contributed by atoms with Gasteiger partial charge >= 0.3 is 11.9 Å². The lowest BCUT2D eigenvalue weighted by molar-refractivity contribution is -0.159. The fourth-order valence-electron chi connectivity index (χ4n) is 2.98. The van der Waals surface area contributed by atoms with Crippen LogP contribution in [0.5, 0.6) is 0 Å². The van der Waals surface area contributed by atoms with E-state index in [9.17, 15) is 22.6 Å². The van der Waals surface area contributed by atoms with Gasteiger partial charge < -0.3 is 14.0 Å². The summed E-state index contributed by atoms with van der Waals surface area (Å²) in [4.78, 5) is 23.2. The summed E-state index contributed by atoms with van der Waals surface area (Å²) in [6, 6.07) is 0. The Morgan fingerprint density at radius 1 is 1.50 bits per heavy atom. The summed E-state index contributed by atoms with van der Waals surface area (Å²) in [6.07, 6.45) is 0.568. The van der Waals surface area contributed by atoms with Gasteiger partial charge in [-0.25, -0.2) is 13.2 Å². The van der Waals surface area contributed by atoms with Crippen molar-refractivity contribution in [3.05, 3.63) is 11.1 Å². The largest absolute Gasteiger partial charge is 0.748 e. The zero-order chi connectivity index (χ0) is 16.5. The van der Waals surface area contributed by atoms with Crippen molar-refractivity contribution in [2.24, 2.45) is 5.41 Å². The van der Waals surface area contributed by atoms with Crippen LogP contribution < -0.4 is 0 Å². The van der Waals surface area contributed by atoms with E-state index in [0.717, 1.165) is 11.1 Å². The summed E-state index contributed by atoms with van der Waals surface area (Å²) in [5.41, 5.74) is 0.794. The molecule has 0 aromatic rings. The van der Waals surface area contributed by atoms with E-state index in [1.807, 2.05) is 0 Å². The van der Waals surface area contributed by atoms with Crippen LogP contribution in [0.4, 0.5) is 0 Å². The third-order valence-electron chi connectivity index (χ3n) is 4.43. The number of rotatable bonds is 5. The monoisotopic (exact) mass is 331 g/mol. The highest BCUT2D eigenvalue weighted by molar-refractivity contribution is 7.85. The molecular formula is C14H19O7S-. The van der Waals surface area contributed by atoms with E-state index >= 15 is 0 Å². The van der Waals surface area contributed by atoms with Crippen molar-refractivity contribution in [2.45, 2.75) is 45.6 Å². The molecule has 8 heteroatoms. The lowest BCUT2D eigenvalue weighted by Crippen LogP contribution is -2.26. The van der Waals surface area contributed by atoms with Gasteiger partial charge in [0.05, 0.1) is 23.1 Å². The Labute approximate surface area is 129 Å². The van der Waals surface area contributed by atoms with Crippen LogP contribution in [0.3, 0.4) is 0 Å². The quantitative estimate of drug-likeness (QED) is 0.418. The van der Waals surface area contributed by atoms with E-state index < -0.39 is 39.3 Å². The predicted octanol–water partition coefficient (Wildman–Crippen LogP) is 0.897. The molecule has 2 aliphatic rings. The molecule has 0 amide bonds. The van der Waals surface area contributed by atoms with Crippen molar-refractivity contribution in [3.63, 3.8) is 0 Å². The number of esters is 2. The molecule has 0 spiro atoms. The standard InChI is InChI=1S/C14H20O7S/c1-9-10(3-5-14(9,2)8-22(17,18)19)7-12(15)21-11-4-6-20-13(11)16/h11H,3-8H2,1-2H3,(H,17,18,19)/p-1. The number of carbonyl (C=O) groups is 2. The van der Waals surface area contributed by atoms with Gasteiger partial charge in [-0.15, -0.1) is 0 Å². The Bertz CT molecular complexity index is 619. The lowest BCUT2D eigenvalue weighted by atomic mass is 9.86. The Hall–Kier alpha value is -1.41. The summed E-state index contributed by atoms with van der Waals surface area (Å²) in [5, 5.41) is 0. The highest BCUT2D eigenvalue weighted by atomic mass is 32.2. The van der Waals surface area contributed by atoms with Crippen LogP contribution in [-0.4, -0.2) is 43.4 Å². The molecule has 1 fully saturated rings. The van der Waals surface area contributed by atoms with Crippen molar-refractivity contribution in [3.8, 4) is 0 Å². The molecule has 124 valence electrons. The van der Waals surface area contributed by atoms with Crippen LogP contribution >= 0.6 is 0 Å². The third kappa shape index (κ3) is 3.86. The second-order valence-electron chi connectivity index (χ2n) is 6.10. The van der Waals surface area contributed by atoms with Gasteiger partial charge in [0.2, 0.25) is 6.10 Å². The van der Waals surface area contributed by atoms with Crippen LogP contribution in [0.25, 0.3) is 0 Å². The van der Waals surface area contributed by atoms with E-state index in [4.69, 9.17) is 9.47 Å². The minimum absolute atomic E-state index is 0.00408. The summed E-state index contributed by atoms with van der Waals surface area (Å²) < 4.78 is 42.8. The molecular weight excluding hydrogens is 312 g/mol. The van der Waals surface area contributed by atoms with Gasteiger partial charge in [-0.1, -0.05) is 18.1 Å². The van der Waals surface area contributed by atoms with E-state index in [-0.39, 0.29) is 13.0 Å². The van der Waals surface area contributed by atoms with Crippen LogP contribution in [0.2, 0.25) is 0 Å². The topological polar surface area (TPSA) is 110 Å². The zero-order valence-corrected chi connectivity index (χ0v) is 13.4. The number of hydrogen-bond acceptors (Lipinski definition) is 7. The summed E-state index contributed by atoms with van der Waals surface area (Å²) in [7, 11) is -4.34. The van der Waals surface area contributed by atoms with Gasteiger partial charge in [0, 0.05) is 17.6 Å². The minimum atomic E-state index is -4.34. The first-order chi connectivity index (χ1) is 10.1. The Balaban J connectivity index is 2.01. The molecule has 2 unspecified atom stereocenters. The molecule has 7 nitrogen and oxygen atoms in total. The van der Waals surface area contributed by atoms with Gasteiger partial charge in [-0.05, 0) is 19.8 Å². The molecule has 2 rings (SSSR count). The number of hydrogen-bond donors (Lipinski definition) is 0. The Morgan fingerprint density at radius 2 is 2.18 bits per heavy atom. The van der Waals surface area contributed by atoms with Gasteiger partial charge in [0.1, 0.15) is 0 Å². The predicted molar refractivity (Wildman–Crippen MR) is 74.7 cm³/mol. The normalized spacial score (nSPS) is 28.9. The fraction of sp³-hybridized carbons (Fsp3) is 0.714. The Morgan fingerprint density at radius 3 is 2.73 bits per heavy atom. The molecule has 0 bridgehead atoms. The molecule has 0 N–H and O–H groups in total. The average molecular weight is 331 g/mol. The highest BCUT2D eigenvalue weighted by Crippen LogP contribution is 2.44. The van der Waals surface area contributed by atoms with Crippen LogP contribution in [0.1, 0.15) is 39.5 Å². The number of ether oxygens (including phenoxy) is 2. The van der Waals surface area contributed by atoms with E-state index in [1.54, 1.807) is 13.8 Å². The van der Waals surface area contributed by atoms with Gasteiger partial charge in [0.25, 0.3) is 0 Å². The summed E-state index contributed by atoms with van der Waals surface area (Å²) in [5.74, 6) is -1.54. The molecule has 0 aromatic carbocycles. The molecule has 0 saturated carbocycles. The molecule has 1 aliphatic heterocycles. The highest BCUT2D eigenvalue weighted by Gasteiger charge is 2.37. The van der Waals surface area contributed by atoms with Gasteiger partial charge in [-0.3, -0.25) is 4.79 Å². The van der Waals surface area contributed by atoms with Crippen molar-refractivity contribution in [2.75, 3.05) is 12.4 Å². The minimum Gasteiger partial charge on any atom is -0.748 e. The molecule has 1 heterocycles. The maximum Gasteiger partial charge on any atom is 0.347 e. The van der Waals surface area contributed by atoms with Crippen LogP contribution in [0, 0.1) is 5.41 Å². The van der Waals surface area contributed by atoms with E-state index in [0.29, 0.717) is 19.3 Å². The van der Waals surface area contributed by atoms with Crippen molar-refractivity contribution < 1.29 is 32.0 Å². The number of cyclic esters (lactones) is 1. The maximum absolute atomic E-state index is 11.9. The van der Waals surface area contributed by atoms with E-state index in [2.05, 4.69) is 0 Å². The molecule has 22 heavy (non-hydrogen) atoms. The fourth-order valence-corrected chi connectivity index (χ4v) is 4.12. The average Bonchev–Trinajstić information content (AvgIpc) is 2.87. The smallest absolute Gasteiger partial charge is 0.347 e. The van der Waals surface area contributed by atoms with Gasteiger partial charge in [0.15, 0.2) is 0 Å². The van der Waals surface area contributed by atoms with Crippen molar-refractivity contribution in [1.29, 1.82) is 0 Å². The second-order valence-corrected chi connectivity index (χ2v) is 7.51. The Kier molecular flexibility index (Phi) is 4.62. The van der Waals surface area contributed by atoms with Gasteiger partial charge in [-0.2, -0.15) is 0 Å². The summed E-state index contributed by atoms with van der Waals surface area (Å²) >= 11 is 0. The number of carbonyl (C=O) groups excluding carboxylic acids is 2.